The van der Waals surface area contributed by atoms with Crippen molar-refractivity contribution in [1.29, 1.82) is 0 Å². The molecule has 2 amide bonds. The van der Waals surface area contributed by atoms with Crippen LogP contribution in [0, 0.1) is 0 Å². The average molecular weight is 346 g/mol. The second kappa shape index (κ2) is 7.33. The van der Waals surface area contributed by atoms with Crippen molar-refractivity contribution in [2.75, 3.05) is 31.6 Å². The molecule has 1 spiro atoms. The third kappa shape index (κ3) is 4.24. The number of carbonyl (C=O) groups excluding carboxylic acids is 3. The van der Waals surface area contributed by atoms with E-state index < -0.39 is 5.79 Å². The Morgan fingerprint density at radius 1 is 1.16 bits per heavy atom. The molecule has 134 valence electrons. The molecular formula is C18H22N2O5. The topological polar surface area (TPSA) is 84.9 Å². The molecule has 0 bridgehead atoms. The summed E-state index contributed by atoms with van der Waals surface area (Å²) < 4.78 is 11.3. The monoisotopic (exact) mass is 346 g/mol. The lowest BCUT2D eigenvalue weighted by atomic mass is 10.0. The number of hydrogen-bond acceptors (Lipinski definition) is 5. The zero-order valence-corrected chi connectivity index (χ0v) is 14.2. The van der Waals surface area contributed by atoms with Crippen molar-refractivity contribution in [3.8, 4) is 0 Å². The van der Waals surface area contributed by atoms with Crippen LogP contribution in [0.3, 0.4) is 0 Å². The van der Waals surface area contributed by atoms with Gasteiger partial charge < -0.3 is 19.7 Å². The predicted molar refractivity (Wildman–Crippen MR) is 90.1 cm³/mol. The number of piperidine rings is 1. The summed E-state index contributed by atoms with van der Waals surface area (Å²) in [5.74, 6) is -1.22. The van der Waals surface area contributed by atoms with Crippen LogP contribution in [0.25, 0.3) is 0 Å². The summed E-state index contributed by atoms with van der Waals surface area (Å²) in [6, 6.07) is 6.66. The third-order valence-electron chi connectivity index (χ3n) is 4.56. The van der Waals surface area contributed by atoms with E-state index in [0.717, 1.165) is 0 Å². The Hall–Kier alpha value is -2.25. The summed E-state index contributed by atoms with van der Waals surface area (Å²) in [6.07, 6.45) is 1.03. The molecule has 25 heavy (non-hydrogen) atoms. The summed E-state index contributed by atoms with van der Waals surface area (Å²) >= 11 is 0. The molecule has 7 heteroatoms. The van der Waals surface area contributed by atoms with E-state index >= 15 is 0 Å². The Balaban J connectivity index is 1.50. The lowest BCUT2D eigenvalue weighted by molar-refractivity contribution is -0.187. The van der Waals surface area contributed by atoms with Gasteiger partial charge in [0.25, 0.3) is 0 Å². The van der Waals surface area contributed by atoms with E-state index in [2.05, 4.69) is 5.32 Å². The van der Waals surface area contributed by atoms with Crippen LogP contribution in [0.2, 0.25) is 0 Å². The van der Waals surface area contributed by atoms with Gasteiger partial charge in [-0.05, 0) is 19.1 Å². The summed E-state index contributed by atoms with van der Waals surface area (Å²) in [7, 11) is 0. The van der Waals surface area contributed by atoms with Crippen molar-refractivity contribution in [2.24, 2.45) is 0 Å². The SMILES string of the molecule is CC(=O)c1cccc(NC(=O)CC(=O)N2CCC3(CC2)OCCO3)c1. The quantitative estimate of drug-likeness (QED) is 0.661. The fourth-order valence-corrected chi connectivity index (χ4v) is 3.15. The van der Waals surface area contributed by atoms with E-state index in [-0.39, 0.29) is 24.0 Å². The molecule has 0 unspecified atom stereocenters. The molecule has 1 aromatic carbocycles. The van der Waals surface area contributed by atoms with Gasteiger partial charge in [0.15, 0.2) is 11.6 Å². The Labute approximate surface area is 146 Å². The molecule has 1 N–H and O–H groups in total. The Bertz CT molecular complexity index is 672. The van der Waals surface area contributed by atoms with E-state index in [0.29, 0.717) is 50.4 Å². The lowest BCUT2D eigenvalue weighted by Gasteiger charge is -2.37. The average Bonchev–Trinajstić information content (AvgIpc) is 3.03. The van der Waals surface area contributed by atoms with Crippen LogP contribution in [0.4, 0.5) is 5.69 Å². The molecule has 3 rings (SSSR count). The van der Waals surface area contributed by atoms with Crippen molar-refractivity contribution in [3.63, 3.8) is 0 Å². The molecule has 2 fully saturated rings. The zero-order chi connectivity index (χ0) is 17.9. The van der Waals surface area contributed by atoms with E-state index in [1.165, 1.54) is 6.92 Å². The highest BCUT2D eigenvalue weighted by molar-refractivity contribution is 6.04. The van der Waals surface area contributed by atoms with Crippen molar-refractivity contribution >= 4 is 23.3 Å². The van der Waals surface area contributed by atoms with Crippen LogP contribution in [-0.2, 0) is 19.1 Å². The second-order valence-electron chi connectivity index (χ2n) is 6.35. The standard InChI is InChI=1S/C18H22N2O5/c1-13(21)14-3-2-4-15(11-14)19-16(22)12-17(23)20-7-5-18(6-8-20)24-9-10-25-18/h2-4,11H,5-10,12H2,1H3,(H,19,22). The third-order valence-corrected chi connectivity index (χ3v) is 4.56. The number of Topliss-reactive ketones (excluding diaryl/α,β-unsaturated/α-hetero) is 1. The van der Waals surface area contributed by atoms with Gasteiger partial charge in [-0.1, -0.05) is 12.1 Å². The minimum absolute atomic E-state index is 0.0780. The number of hydrogen-bond donors (Lipinski definition) is 1. The number of ketones is 1. The minimum Gasteiger partial charge on any atom is -0.347 e. The molecule has 2 aliphatic heterocycles. The molecule has 2 aliphatic rings. The molecule has 0 aromatic heterocycles. The maximum Gasteiger partial charge on any atom is 0.233 e. The predicted octanol–water partition coefficient (Wildman–Crippen LogP) is 1.58. The fourth-order valence-electron chi connectivity index (χ4n) is 3.15. The van der Waals surface area contributed by atoms with Gasteiger partial charge in [0, 0.05) is 37.2 Å². The number of rotatable bonds is 4. The first-order chi connectivity index (χ1) is 12.0. The van der Waals surface area contributed by atoms with Crippen LogP contribution in [0.5, 0.6) is 0 Å². The Morgan fingerprint density at radius 2 is 1.84 bits per heavy atom. The van der Waals surface area contributed by atoms with E-state index in [9.17, 15) is 14.4 Å². The molecule has 0 saturated carbocycles. The molecule has 2 heterocycles. The number of carbonyl (C=O) groups is 3. The highest BCUT2D eigenvalue weighted by Gasteiger charge is 2.40. The Morgan fingerprint density at radius 3 is 2.48 bits per heavy atom. The number of ether oxygens (including phenoxy) is 2. The minimum atomic E-state index is -0.536. The number of benzene rings is 1. The number of likely N-dealkylation sites (tertiary alicyclic amines) is 1. The first kappa shape index (κ1) is 17.6. The molecule has 2 saturated heterocycles. The van der Waals surface area contributed by atoms with Gasteiger partial charge in [0.05, 0.1) is 13.2 Å². The summed E-state index contributed by atoms with van der Waals surface area (Å²) in [5, 5.41) is 2.67. The molecule has 0 aliphatic carbocycles. The van der Waals surface area contributed by atoms with Crippen LogP contribution in [-0.4, -0.2) is 54.6 Å². The number of nitrogens with zero attached hydrogens (tertiary/aromatic N) is 1. The second-order valence-corrected chi connectivity index (χ2v) is 6.35. The molecule has 7 nitrogen and oxygen atoms in total. The van der Waals surface area contributed by atoms with E-state index in [1.54, 1.807) is 29.2 Å². The van der Waals surface area contributed by atoms with E-state index in [1.807, 2.05) is 0 Å². The number of anilines is 1. The van der Waals surface area contributed by atoms with Crippen LogP contribution < -0.4 is 5.32 Å². The highest BCUT2D eigenvalue weighted by atomic mass is 16.7. The summed E-state index contributed by atoms with van der Waals surface area (Å²) in [6.45, 7) is 3.69. The van der Waals surface area contributed by atoms with Gasteiger partial charge in [-0.3, -0.25) is 14.4 Å². The summed E-state index contributed by atoms with van der Waals surface area (Å²) in [4.78, 5) is 37.5. The lowest BCUT2D eigenvalue weighted by Crippen LogP contribution is -2.47. The van der Waals surface area contributed by atoms with Crippen LogP contribution in [0.15, 0.2) is 24.3 Å². The van der Waals surface area contributed by atoms with Crippen LogP contribution in [0.1, 0.15) is 36.5 Å². The number of amides is 2. The van der Waals surface area contributed by atoms with Gasteiger partial charge in [-0.15, -0.1) is 0 Å². The van der Waals surface area contributed by atoms with Gasteiger partial charge in [0.2, 0.25) is 11.8 Å². The van der Waals surface area contributed by atoms with Crippen molar-refractivity contribution in [1.82, 2.24) is 4.90 Å². The number of nitrogens with one attached hydrogen (secondary N) is 1. The zero-order valence-electron chi connectivity index (χ0n) is 14.2. The maximum absolute atomic E-state index is 12.3. The highest BCUT2D eigenvalue weighted by Crippen LogP contribution is 2.31. The van der Waals surface area contributed by atoms with Gasteiger partial charge in [0.1, 0.15) is 6.42 Å². The van der Waals surface area contributed by atoms with Gasteiger partial charge in [-0.2, -0.15) is 0 Å². The van der Waals surface area contributed by atoms with Gasteiger partial charge in [-0.25, -0.2) is 0 Å². The van der Waals surface area contributed by atoms with Crippen molar-refractivity contribution < 1.29 is 23.9 Å². The van der Waals surface area contributed by atoms with Crippen molar-refractivity contribution in [3.05, 3.63) is 29.8 Å². The van der Waals surface area contributed by atoms with Crippen molar-refractivity contribution in [2.45, 2.75) is 32.0 Å². The first-order valence-corrected chi connectivity index (χ1v) is 8.44. The largest absolute Gasteiger partial charge is 0.347 e. The molecule has 1 aromatic rings. The molecule has 0 radical (unpaired) electrons. The first-order valence-electron chi connectivity index (χ1n) is 8.44. The maximum atomic E-state index is 12.3. The fraction of sp³-hybridized carbons (Fsp3) is 0.500. The smallest absolute Gasteiger partial charge is 0.233 e. The van der Waals surface area contributed by atoms with Crippen LogP contribution >= 0.6 is 0 Å². The Kier molecular flexibility index (Phi) is 5.15. The molecule has 0 atom stereocenters. The van der Waals surface area contributed by atoms with E-state index in [4.69, 9.17) is 9.47 Å². The normalized spacial score (nSPS) is 19.0. The molecular weight excluding hydrogens is 324 g/mol. The summed E-state index contributed by atoms with van der Waals surface area (Å²) in [5.41, 5.74) is 1.03. The van der Waals surface area contributed by atoms with Gasteiger partial charge >= 0.3 is 0 Å².